The molecule has 0 aliphatic carbocycles. The van der Waals surface area contributed by atoms with Gasteiger partial charge < -0.3 is 10.4 Å². The molecule has 22 heavy (non-hydrogen) atoms. The van der Waals surface area contributed by atoms with Crippen LogP contribution in [0.5, 0.6) is 5.75 Å². The van der Waals surface area contributed by atoms with Gasteiger partial charge in [-0.05, 0) is 36.2 Å². The van der Waals surface area contributed by atoms with Gasteiger partial charge in [-0.2, -0.15) is 0 Å². The van der Waals surface area contributed by atoms with Crippen molar-refractivity contribution in [2.75, 3.05) is 13.1 Å². The van der Waals surface area contributed by atoms with Crippen LogP contribution in [-0.2, 0) is 0 Å². The maximum absolute atomic E-state index is 12.7. The van der Waals surface area contributed by atoms with Crippen LogP contribution in [0.2, 0.25) is 0 Å². The summed E-state index contributed by atoms with van der Waals surface area (Å²) in [5, 5.41) is 12.8. The van der Waals surface area contributed by atoms with Gasteiger partial charge in [0, 0.05) is 18.0 Å². The number of hydrogen-bond donors (Lipinski definition) is 2. The van der Waals surface area contributed by atoms with Crippen molar-refractivity contribution in [3.63, 3.8) is 0 Å². The highest BCUT2D eigenvalue weighted by molar-refractivity contribution is 6.04. The summed E-state index contributed by atoms with van der Waals surface area (Å²) in [5.41, 5.74) is 2.44. The van der Waals surface area contributed by atoms with Gasteiger partial charge in [0.25, 0.3) is 0 Å². The quantitative estimate of drug-likeness (QED) is 0.672. The summed E-state index contributed by atoms with van der Waals surface area (Å²) in [5.74, 6) is 0.0766. The van der Waals surface area contributed by atoms with E-state index < -0.39 is 0 Å². The van der Waals surface area contributed by atoms with Gasteiger partial charge in [-0.25, -0.2) is 0 Å². The van der Waals surface area contributed by atoms with E-state index >= 15 is 0 Å². The van der Waals surface area contributed by atoms with E-state index in [1.54, 1.807) is 12.1 Å². The number of aromatic hydroxyl groups is 1. The fraction of sp³-hybridized carbons (Fsp3) is 0.222. The average molecular weight is 295 g/mol. The van der Waals surface area contributed by atoms with Gasteiger partial charge in [0.2, 0.25) is 0 Å². The summed E-state index contributed by atoms with van der Waals surface area (Å²) in [4.78, 5) is 23.7. The van der Waals surface area contributed by atoms with E-state index in [1.807, 2.05) is 24.3 Å². The molecule has 4 heteroatoms. The highest BCUT2D eigenvalue weighted by Gasteiger charge is 2.25. The predicted octanol–water partition coefficient (Wildman–Crippen LogP) is 2.66. The van der Waals surface area contributed by atoms with Crippen molar-refractivity contribution in [3.05, 3.63) is 53.6 Å². The summed E-state index contributed by atoms with van der Waals surface area (Å²) in [6, 6.07) is 12.2. The SMILES string of the molecule is O=Cc1cc(-c2ccccc2C(=O)C2CCNC2)ccc1O. The number of carbonyl (C=O) groups excluding carboxylic acids is 2. The molecule has 0 amide bonds. The van der Waals surface area contributed by atoms with Crippen LogP contribution in [0.25, 0.3) is 11.1 Å². The van der Waals surface area contributed by atoms with Crippen LogP contribution in [0.1, 0.15) is 27.1 Å². The van der Waals surface area contributed by atoms with Crippen LogP contribution in [0.3, 0.4) is 0 Å². The number of benzene rings is 2. The van der Waals surface area contributed by atoms with E-state index in [2.05, 4.69) is 5.32 Å². The molecule has 2 aromatic rings. The first-order chi connectivity index (χ1) is 10.7. The smallest absolute Gasteiger partial charge is 0.167 e. The minimum Gasteiger partial charge on any atom is -0.507 e. The lowest BCUT2D eigenvalue weighted by Crippen LogP contribution is -2.18. The third-order valence-electron chi connectivity index (χ3n) is 4.09. The Balaban J connectivity index is 2.04. The van der Waals surface area contributed by atoms with Gasteiger partial charge in [0.15, 0.2) is 12.1 Å². The topological polar surface area (TPSA) is 66.4 Å². The number of hydrogen-bond acceptors (Lipinski definition) is 4. The van der Waals surface area contributed by atoms with E-state index in [9.17, 15) is 14.7 Å². The summed E-state index contributed by atoms with van der Waals surface area (Å²) < 4.78 is 0. The third kappa shape index (κ3) is 2.65. The number of Topliss-reactive ketones (excluding diaryl/α,β-unsaturated/α-hetero) is 1. The second kappa shape index (κ2) is 6.12. The summed E-state index contributed by atoms with van der Waals surface area (Å²) in [6.45, 7) is 1.58. The summed E-state index contributed by atoms with van der Waals surface area (Å²) in [6.07, 6.45) is 1.46. The first kappa shape index (κ1) is 14.5. The fourth-order valence-corrected chi connectivity index (χ4v) is 2.86. The number of carbonyl (C=O) groups is 2. The first-order valence-corrected chi connectivity index (χ1v) is 7.33. The Labute approximate surface area is 128 Å². The minimum absolute atomic E-state index is 0.00352. The monoisotopic (exact) mass is 295 g/mol. The maximum atomic E-state index is 12.7. The van der Waals surface area contributed by atoms with Crippen molar-refractivity contribution >= 4 is 12.1 Å². The van der Waals surface area contributed by atoms with Crippen LogP contribution in [0.4, 0.5) is 0 Å². The molecule has 1 saturated heterocycles. The molecule has 2 N–H and O–H groups in total. The number of phenolic OH excluding ortho intramolecular Hbond substituents is 1. The molecule has 0 saturated carbocycles. The van der Waals surface area contributed by atoms with Crippen molar-refractivity contribution in [2.24, 2.45) is 5.92 Å². The van der Waals surface area contributed by atoms with Gasteiger partial charge >= 0.3 is 0 Å². The summed E-state index contributed by atoms with van der Waals surface area (Å²) >= 11 is 0. The third-order valence-corrected chi connectivity index (χ3v) is 4.09. The maximum Gasteiger partial charge on any atom is 0.167 e. The molecule has 0 radical (unpaired) electrons. The number of ketones is 1. The Kier molecular flexibility index (Phi) is 4.02. The predicted molar refractivity (Wildman–Crippen MR) is 84.2 cm³/mol. The molecule has 112 valence electrons. The molecule has 0 bridgehead atoms. The molecule has 3 rings (SSSR count). The fourth-order valence-electron chi connectivity index (χ4n) is 2.86. The Hall–Kier alpha value is -2.46. The second-order valence-electron chi connectivity index (χ2n) is 5.49. The van der Waals surface area contributed by atoms with Crippen molar-refractivity contribution in [1.29, 1.82) is 0 Å². The average Bonchev–Trinajstić information content (AvgIpc) is 3.09. The number of aldehydes is 1. The van der Waals surface area contributed by atoms with Gasteiger partial charge in [-0.3, -0.25) is 9.59 Å². The Morgan fingerprint density at radius 2 is 2.05 bits per heavy atom. The minimum atomic E-state index is -0.0532. The molecule has 1 aliphatic heterocycles. The first-order valence-electron chi connectivity index (χ1n) is 7.33. The van der Waals surface area contributed by atoms with Crippen LogP contribution in [0.15, 0.2) is 42.5 Å². The lowest BCUT2D eigenvalue weighted by molar-refractivity contribution is 0.0931. The zero-order chi connectivity index (χ0) is 15.5. The van der Waals surface area contributed by atoms with Crippen LogP contribution >= 0.6 is 0 Å². The largest absolute Gasteiger partial charge is 0.507 e. The van der Waals surface area contributed by atoms with Crippen LogP contribution in [0, 0.1) is 5.92 Å². The number of rotatable bonds is 4. The molecule has 0 aromatic heterocycles. The van der Waals surface area contributed by atoms with Gasteiger partial charge in [-0.15, -0.1) is 0 Å². The van der Waals surface area contributed by atoms with E-state index in [0.717, 1.165) is 24.1 Å². The van der Waals surface area contributed by atoms with Crippen LogP contribution < -0.4 is 5.32 Å². The lowest BCUT2D eigenvalue weighted by Gasteiger charge is -2.13. The van der Waals surface area contributed by atoms with Crippen LogP contribution in [-0.4, -0.2) is 30.3 Å². The Morgan fingerprint density at radius 3 is 2.77 bits per heavy atom. The molecule has 1 heterocycles. The standard InChI is InChI=1S/C18H17NO3/c20-11-14-9-12(5-6-17(14)21)15-3-1-2-4-16(15)18(22)13-7-8-19-10-13/h1-6,9,11,13,19,21H,7-8,10H2. The molecule has 2 aromatic carbocycles. The van der Waals surface area contributed by atoms with E-state index in [4.69, 9.17) is 0 Å². The second-order valence-corrected chi connectivity index (χ2v) is 5.49. The Bertz CT molecular complexity index is 718. The normalized spacial score (nSPS) is 17.4. The van der Waals surface area contributed by atoms with Crippen molar-refractivity contribution in [1.82, 2.24) is 5.32 Å². The molecule has 1 aliphatic rings. The lowest BCUT2D eigenvalue weighted by atomic mass is 9.90. The zero-order valence-corrected chi connectivity index (χ0v) is 12.1. The van der Waals surface area contributed by atoms with E-state index in [0.29, 0.717) is 18.4 Å². The molecular weight excluding hydrogens is 278 g/mol. The molecule has 1 fully saturated rings. The summed E-state index contributed by atoms with van der Waals surface area (Å²) in [7, 11) is 0. The molecule has 1 unspecified atom stereocenters. The Morgan fingerprint density at radius 1 is 1.23 bits per heavy atom. The van der Waals surface area contributed by atoms with Gasteiger partial charge in [0.05, 0.1) is 5.56 Å². The van der Waals surface area contributed by atoms with Crippen molar-refractivity contribution < 1.29 is 14.7 Å². The number of phenols is 1. The highest BCUT2D eigenvalue weighted by atomic mass is 16.3. The van der Waals surface area contributed by atoms with E-state index in [-0.39, 0.29) is 23.0 Å². The number of nitrogens with one attached hydrogen (secondary N) is 1. The molecule has 1 atom stereocenters. The molecule has 0 spiro atoms. The van der Waals surface area contributed by atoms with Gasteiger partial charge in [-0.1, -0.05) is 30.3 Å². The van der Waals surface area contributed by atoms with Crippen molar-refractivity contribution in [2.45, 2.75) is 6.42 Å². The highest BCUT2D eigenvalue weighted by Crippen LogP contribution is 2.30. The van der Waals surface area contributed by atoms with Crippen molar-refractivity contribution in [3.8, 4) is 16.9 Å². The molecular formula is C18H17NO3. The zero-order valence-electron chi connectivity index (χ0n) is 12.1. The molecule has 4 nitrogen and oxygen atoms in total. The van der Waals surface area contributed by atoms with E-state index in [1.165, 1.54) is 6.07 Å². The van der Waals surface area contributed by atoms with Gasteiger partial charge in [0.1, 0.15) is 5.75 Å².